The number of pyridine rings is 1. The highest BCUT2D eigenvalue weighted by Gasteiger charge is 2.00. The molecule has 2 rings (SSSR count). The molecular weight excluding hydrogens is 186 g/mol. The minimum atomic E-state index is -0.165. The largest absolute Gasteiger partial charge is 0.312 e. The second-order valence-electron chi connectivity index (χ2n) is 3.04. The molecule has 1 aromatic heterocycles. The molecular formula is C10H8ClNO. The lowest BCUT2D eigenvalue weighted by molar-refractivity contribution is 1.26. The minimum absolute atomic E-state index is 0.165. The lowest BCUT2D eigenvalue weighted by Gasteiger charge is -2.00. The van der Waals surface area contributed by atoms with Crippen LogP contribution in [0.2, 0.25) is 5.15 Å². The molecule has 0 amide bonds. The van der Waals surface area contributed by atoms with E-state index in [2.05, 4.69) is 4.98 Å². The van der Waals surface area contributed by atoms with Crippen molar-refractivity contribution in [2.75, 3.05) is 0 Å². The first-order valence-corrected chi connectivity index (χ1v) is 4.34. The lowest BCUT2D eigenvalue weighted by Crippen LogP contribution is -2.03. The van der Waals surface area contributed by atoms with Gasteiger partial charge in [-0.2, -0.15) is 0 Å². The molecule has 3 heteroatoms. The number of H-pyrrole nitrogens is 1. The number of fused-ring (bicyclic) bond motifs is 1. The van der Waals surface area contributed by atoms with Gasteiger partial charge in [-0.25, -0.2) is 0 Å². The second-order valence-corrected chi connectivity index (χ2v) is 3.42. The number of nitrogens with one attached hydrogen (secondary N) is 1. The molecule has 0 aliphatic carbocycles. The van der Waals surface area contributed by atoms with Crippen LogP contribution < -0.4 is 5.56 Å². The van der Waals surface area contributed by atoms with Crippen LogP contribution in [0.25, 0.3) is 10.8 Å². The van der Waals surface area contributed by atoms with Gasteiger partial charge in [-0.05, 0) is 18.4 Å². The summed E-state index contributed by atoms with van der Waals surface area (Å²) in [5, 5.41) is 2.17. The Morgan fingerprint density at radius 3 is 2.85 bits per heavy atom. The normalized spacial score (nSPS) is 10.6. The van der Waals surface area contributed by atoms with E-state index in [-0.39, 0.29) is 5.56 Å². The number of halogens is 1. The van der Waals surface area contributed by atoms with Crippen molar-refractivity contribution in [2.24, 2.45) is 0 Å². The maximum Gasteiger partial charge on any atom is 0.249 e. The Labute approximate surface area is 80.2 Å². The number of benzene rings is 1. The van der Waals surface area contributed by atoms with Crippen molar-refractivity contribution >= 4 is 22.4 Å². The number of aryl methyl sites for hydroxylation is 1. The summed E-state index contributed by atoms with van der Waals surface area (Å²) in [6, 6.07) is 7.35. The lowest BCUT2D eigenvalue weighted by atomic mass is 10.1. The highest BCUT2D eigenvalue weighted by atomic mass is 35.5. The summed E-state index contributed by atoms with van der Waals surface area (Å²) in [4.78, 5) is 13.6. The van der Waals surface area contributed by atoms with Gasteiger partial charge in [0.05, 0.1) is 0 Å². The molecule has 0 saturated carbocycles. The predicted molar refractivity (Wildman–Crippen MR) is 54.3 cm³/mol. The number of hydrogen-bond acceptors (Lipinski definition) is 1. The summed E-state index contributed by atoms with van der Waals surface area (Å²) >= 11 is 5.88. The number of aromatic nitrogens is 1. The van der Waals surface area contributed by atoms with Crippen LogP contribution in [0.5, 0.6) is 0 Å². The Kier molecular flexibility index (Phi) is 1.85. The van der Waals surface area contributed by atoms with Gasteiger partial charge in [0.25, 0.3) is 0 Å². The van der Waals surface area contributed by atoms with Crippen molar-refractivity contribution in [3.8, 4) is 0 Å². The predicted octanol–water partition coefficient (Wildman–Crippen LogP) is 2.49. The van der Waals surface area contributed by atoms with Crippen LogP contribution in [0.1, 0.15) is 5.56 Å². The van der Waals surface area contributed by atoms with Crippen molar-refractivity contribution in [3.05, 3.63) is 45.3 Å². The Morgan fingerprint density at radius 1 is 1.31 bits per heavy atom. The summed E-state index contributed by atoms with van der Waals surface area (Å²) in [7, 11) is 0. The molecule has 1 aromatic carbocycles. The summed E-state index contributed by atoms with van der Waals surface area (Å²) < 4.78 is 0. The zero-order valence-corrected chi connectivity index (χ0v) is 7.85. The van der Waals surface area contributed by atoms with Crippen molar-refractivity contribution in [3.63, 3.8) is 0 Å². The van der Waals surface area contributed by atoms with Crippen LogP contribution in [-0.4, -0.2) is 4.98 Å². The smallest absolute Gasteiger partial charge is 0.249 e. The van der Waals surface area contributed by atoms with Gasteiger partial charge in [0.15, 0.2) is 0 Å². The summed E-state index contributed by atoms with van der Waals surface area (Å²) in [5.74, 6) is 0. The summed E-state index contributed by atoms with van der Waals surface area (Å²) in [6.07, 6.45) is 0. The highest BCUT2D eigenvalue weighted by molar-refractivity contribution is 6.34. The maximum absolute atomic E-state index is 11.0. The van der Waals surface area contributed by atoms with Crippen LogP contribution in [-0.2, 0) is 0 Å². The van der Waals surface area contributed by atoms with Crippen LogP contribution in [0.15, 0.2) is 29.1 Å². The Balaban J connectivity index is 2.95. The zero-order chi connectivity index (χ0) is 9.42. The Morgan fingerprint density at radius 2 is 2.08 bits per heavy atom. The van der Waals surface area contributed by atoms with E-state index in [1.54, 1.807) is 6.07 Å². The first kappa shape index (κ1) is 8.32. The molecule has 0 spiro atoms. The topological polar surface area (TPSA) is 32.9 Å². The SMILES string of the molecule is Cc1ccc2cc(=O)[nH]c(Cl)c2c1. The highest BCUT2D eigenvalue weighted by Crippen LogP contribution is 2.20. The molecule has 0 unspecified atom stereocenters. The van der Waals surface area contributed by atoms with Crippen LogP contribution in [0, 0.1) is 6.92 Å². The fourth-order valence-corrected chi connectivity index (χ4v) is 1.60. The molecule has 66 valence electrons. The zero-order valence-electron chi connectivity index (χ0n) is 7.10. The molecule has 0 bridgehead atoms. The van der Waals surface area contributed by atoms with Gasteiger partial charge in [0.1, 0.15) is 5.15 Å². The molecule has 2 aromatic rings. The van der Waals surface area contributed by atoms with Gasteiger partial charge in [-0.1, -0.05) is 29.3 Å². The van der Waals surface area contributed by atoms with Gasteiger partial charge in [-0.3, -0.25) is 4.79 Å². The first-order chi connectivity index (χ1) is 6.16. The average molecular weight is 194 g/mol. The third-order valence-electron chi connectivity index (χ3n) is 1.96. The minimum Gasteiger partial charge on any atom is -0.312 e. The quantitative estimate of drug-likeness (QED) is 0.641. The van der Waals surface area contributed by atoms with Crippen molar-refractivity contribution in [2.45, 2.75) is 6.92 Å². The van der Waals surface area contributed by atoms with E-state index in [1.807, 2.05) is 25.1 Å². The van der Waals surface area contributed by atoms with Gasteiger partial charge in [0, 0.05) is 11.5 Å². The van der Waals surface area contributed by atoms with E-state index in [4.69, 9.17) is 11.6 Å². The van der Waals surface area contributed by atoms with E-state index in [0.717, 1.165) is 16.3 Å². The number of aromatic amines is 1. The van der Waals surface area contributed by atoms with Gasteiger partial charge < -0.3 is 4.98 Å². The summed E-state index contributed by atoms with van der Waals surface area (Å²) in [6.45, 7) is 1.99. The fourth-order valence-electron chi connectivity index (χ4n) is 1.34. The van der Waals surface area contributed by atoms with Gasteiger partial charge in [-0.15, -0.1) is 0 Å². The van der Waals surface area contributed by atoms with Crippen molar-refractivity contribution < 1.29 is 0 Å². The molecule has 13 heavy (non-hydrogen) atoms. The number of rotatable bonds is 0. The van der Waals surface area contributed by atoms with Gasteiger partial charge >= 0.3 is 0 Å². The Hall–Kier alpha value is -1.28. The maximum atomic E-state index is 11.0. The average Bonchev–Trinajstić information content (AvgIpc) is 2.06. The van der Waals surface area contributed by atoms with E-state index in [0.29, 0.717) is 5.15 Å². The second kappa shape index (κ2) is 2.89. The standard InChI is InChI=1S/C10H8ClNO/c1-6-2-3-7-5-9(13)12-10(11)8(7)4-6/h2-5H,1H3,(H,12,13). The first-order valence-electron chi connectivity index (χ1n) is 3.96. The molecule has 0 aliphatic rings. The van der Waals surface area contributed by atoms with E-state index in [9.17, 15) is 4.79 Å². The third-order valence-corrected chi connectivity index (χ3v) is 2.26. The molecule has 0 radical (unpaired) electrons. The molecule has 0 saturated heterocycles. The summed E-state index contributed by atoms with van der Waals surface area (Å²) in [5.41, 5.74) is 0.961. The molecule has 1 N–H and O–H groups in total. The van der Waals surface area contributed by atoms with Crippen LogP contribution in [0.4, 0.5) is 0 Å². The fraction of sp³-hybridized carbons (Fsp3) is 0.100. The van der Waals surface area contributed by atoms with Crippen LogP contribution in [0.3, 0.4) is 0 Å². The van der Waals surface area contributed by atoms with Crippen molar-refractivity contribution in [1.82, 2.24) is 4.98 Å². The van der Waals surface area contributed by atoms with E-state index < -0.39 is 0 Å². The monoisotopic (exact) mass is 193 g/mol. The molecule has 0 aliphatic heterocycles. The molecule has 1 heterocycles. The molecule has 2 nitrogen and oxygen atoms in total. The van der Waals surface area contributed by atoms with Crippen molar-refractivity contribution in [1.29, 1.82) is 0 Å². The van der Waals surface area contributed by atoms with Crippen LogP contribution >= 0.6 is 11.6 Å². The number of hydrogen-bond donors (Lipinski definition) is 1. The molecule has 0 fully saturated rings. The third kappa shape index (κ3) is 1.45. The van der Waals surface area contributed by atoms with E-state index >= 15 is 0 Å². The van der Waals surface area contributed by atoms with Gasteiger partial charge in [0.2, 0.25) is 5.56 Å². The molecule has 0 atom stereocenters. The van der Waals surface area contributed by atoms with E-state index in [1.165, 1.54) is 0 Å². The Bertz CT molecular complexity index is 516.